The van der Waals surface area contributed by atoms with Crippen molar-refractivity contribution in [3.05, 3.63) is 32.7 Å². The van der Waals surface area contributed by atoms with Crippen molar-refractivity contribution in [3.8, 4) is 5.75 Å². The van der Waals surface area contributed by atoms with Crippen LogP contribution in [-0.4, -0.2) is 129 Å². The Morgan fingerprint density at radius 3 is 2.30 bits per heavy atom. The lowest BCUT2D eigenvalue weighted by atomic mass is 9.99. The zero-order valence-corrected chi connectivity index (χ0v) is 30.6. The van der Waals surface area contributed by atoms with E-state index in [1.165, 1.54) is 18.2 Å². The molecule has 1 aromatic rings. The van der Waals surface area contributed by atoms with Gasteiger partial charge in [0, 0.05) is 25.9 Å². The summed E-state index contributed by atoms with van der Waals surface area (Å²) in [4.78, 5) is 62.0. The predicted octanol–water partition coefficient (Wildman–Crippen LogP) is 0.245. The van der Waals surface area contributed by atoms with E-state index in [2.05, 4.69) is 42.5 Å². The fourth-order valence-corrected chi connectivity index (χ4v) is 5.45. The monoisotopic (exact) mass is 837 g/mol. The summed E-state index contributed by atoms with van der Waals surface area (Å²) >= 11 is 6.19. The van der Waals surface area contributed by atoms with E-state index < -0.39 is 66.6 Å². The number of nitrogens with zero attached hydrogens (tertiary/aromatic N) is 1. The quantitative estimate of drug-likeness (QED) is 0.0980. The van der Waals surface area contributed by atoms with Gasteiger partial charge in [-0.3, -0.25) is 24.1 Å². The maximum Gasteiger partial charge on any atom is 0.335 e. The first-order valence-corrected chi connectivity index (χ1v) is 17.1. The number of aliphatic carboxylic acids is 1. The Morgan fingerprint density at radius 2 is 1.68 bits per heavy atom. The normalized spacial score (nSPS) is 23.2. The molecule has 1 unspecified atom stereocenters. The van der Waals surface area contributed by atoms with Gasteiger partial charge in [0.25, 0.3) is 11.8 Å². The number of anilines is 1. The van der Waals surface area contributed by atoms with E-state index >= 15 is 0 Å². The number of carboxylic acid groups (broad SMARTS) is 1. The second-order valence-corrected chi connectivity index (χ2v) is 13.7. The number of carboxylic acids is 1. The zero-order valence-electron chi connectivity index (χ0n) is 27.5. The first-order valence-electron chi connectivity index (χ1n) is 15.5. The van der Waals surface area contributed by atoms with Crippen molar-refractivity contribution < 1.29 is 68.5 Å². The van der Waals surface area contributed by atoms with Crippen LogP contribution in [-0.2, 0) is 44.8 Å². The SMILES string of the molecule is CC(COC(C)(C)CCN1C(=O)C(Br)=C(Br)C1=O)OCCC(=O)NCCC(=O)Nc1cc(CO)ccc1O[C@@H]1O[C@H](C(=O)O)[C@@H](O)[C@H](O)[C@H]1O. The van der Waals surface area contributed by atoms with Crippen LogP contribution in [0.4, 0.5) is 5.69 Å². The van der Waals surface area contributed by atoms with Crippen molar-refractivity contribution >= 4 is 67.1 Å². The average molecular weight is 839 g/mol. The van der Waals surface area contributed by atoms with Crippen LogP contribution < -0.4 is 15.4 Å². The molecule has 0 bridgehead atoms. The van der Waals surface area contributed by atoms with Gasteiger partial charge in [0.15, 0.2) is 6.10 Å². The molecular formula is C31H41Br2N3O14. The van der Waals surface area contributed by atoms with Crippen molar-refractivity contribution in [3.63, 3.8) is 0 Å². The molecule has 50 heavy (non-hydrogen) atoms. The van der Waals surface area contributed by atoms with E-state index in [1.54, 1.807) is 6.92 Å². The number of hydrogen-bond donors (Lipinski definition) is 7. The second-order valence-electron chi connectivity index (χ2n) is 12.1. The number of aliphatic hydroxyl groups is 4. The van der Waals surface area contributed by atoms with Crippen LogP contribution in [0.1, 0.15) is 45.6 Å². The molecular weight excluding hydrogens is 798 g/mol. The van der Waals surface area contributed by atoms with Gasteiger partial charge in [0.2, 0.25) is 18.1 Å². The Bertz CT molecular complexity index is 1430. The van der Waals surface area contributed by atoms with Gasteiger partial charge in [-0.25, -0.2) is 4.79 Å². The summed E-state index contributed by atoms with van der Waals surface area (Å²) in [5.74, 6) is -3.46. The highest BCUT2D eigenvalue weighted by molar-refractivity contribution is 9.14. The molecule has 1 fully saturated rings. The largest absolute Gasteiger partial charge is 0.479 e. The Balaban J connectivity index is 1.39. The van der Waals surface area contributed by atoms with Crippen molar-refractivity contribution in [2.75, 3.05) is 31.6 Å². The topological polar surface area (TPSA) is 251 Å². The maximum atomic E-state index is 12.7. The lowest BCUT2D eigenvalue weighted by Crippen LogP contribution is -2.61. The molecule has 7 N–H and O–H groups in total. The molecule has 0 spiro atoms. The molecule has 1 aromatic carbocycles. The molecule has 0 aliphatic carbocycles. The number of amides is 4. The minimum absolute atomic E-state index is 0.00340. The highest BCUT2D eigenvalue weighted by atomic mass is 79.9. The molecule has 2 aliphatic heterocycles. The molecule has 0 aromatic heterocycles. The van der Waals surface area contributed by atoms with Crippen molar-refractivity contribution in [2.24, 2.45) is 0 Å². The van der Waals surface area contributed by atoms with E-state index in [-0.39, 0.29) is 71.6 Å². The summed E-state index contributed by atoms with van der Waals surface area (Å²) in [7, 11) is 0. The Morgan fingerprint density at radius 1 is 1.02 bits per heavy atom. The molecule has 17 nitrogen and oxygen atoms in total. The number of rotatable bonds is 18. The van der Waals surface area contributed by atoms with Crippen LogP contribution in [0, 0.1) is 0 Å². The molecule has 0 saturated carbocycles. The van der Waals surface area contributed by atoms with Crippen LogP contribution in [0.2, 0.25) is 0 Å². The first kappa shape index (κ1) is 41.4. The van der Waals surface area contributed by atoms with Gasteiger partial charge in [-0.15, -0.1) is 0 Å². The standard InChI is InChI=1S/C31H41Br2N3O14/c1-15(14-48-31(2,3)8-10-36-27(43)21(32)22(33)28(36)44)47-11-7-19(38)34-9-6-20(39)35-17-12-16(13-37)4-5-18(17)49-30-25(42)23(40)24(41)26(50-30)29(45)46/h4-5,12,15,23-26,30,37,40-42H,6-11,13-14H2,1-3H3,(H,34,38)(H,35,39)(H,45,46)/t15?,23-,24-,25+,26-,30+/m0/s1. The van der Waals surface area contributed by atoms with Crippen molar-refractivity contribution in [2.45, 2.75) is 89.1 Å². The molecule has 6 atom stereocenters. The van der Waals surface area contributed by atoms with Crippen LogP contribution in [0.3, 0.4) is 0 Å². The summed E-state index contributed by atoms with van der Waals surface area (Å²) in [5, 5.41) is 54.2. The van der Waals surface area contributed by atoms with Crippen LogP contribution in [0.15, 0.2) is 27.2 Å². The third kappa shape index (κ3) is 11.2. The number of nitrogens with one attached hydrogen (secondary N) is 2. The summed E-state index contributed by atoms with van der Waals surface area (Å²) in [6.45, 7) is 5.43. The second kappa shape index (κ2) is 18.5. The number of carbonyl (C=O) groups is 5. The number of imide groups is 1. The van der Waals surface area contributed by atoms with Gasteiger partial charge in [-0.05, 0) is 76.7 Å². The maximum absolute atomic E-state index is 12.7. The summed E-state index contributed by atoms with van der Waals surface area (Å²) in [6, 6.07) is 4.14. The first-order chi connectivity index (χ1) is 23.4. The van der Waals surface area contributed by atoms with Crippen LogP contribution in [0.5, 0.6) is 5.75 Å². The van der Waals surface area contributed by atoms with Crippen molar-refractivity contribution in [1.82, 2.24) is 10.2 Å². The minimum atomic E-state index is -1.92. The van der Waals surface area contributed by atoms with Crippen LogP contribution in [0.25, 0.3) is 0 Å². The van der Waals surface area contributed by atoms with E-state index in [9.17, 15) is 49.5 Å². The van der Waals surface area contributed by atoms with E-state index in [4.69, 9.17) is 18.9 Å². The lowest BCUT2D eigenvalue weighted by Gasteiger charge is -2.38. The molecule has 0 radical (unpaired) electrons. The summed E-state index contributed by atoms with van der Waals surface area (Å²) < 4.78 is 22.6. The minimum Gasteiger partial charge on any atom is -0.479 e. The summed E-state index contributed by atoms with van der Waals surface area (Å²) in [5.41, 5.74) is -0.271. The predicted molar refractivity (Wildman–Crippen MR) is 180 cm³/mol. The molecule has 4 amide bonds. The molecule has 19 heteroatoms. The molecule has 3 rings (SSSR count). The highest BCUT2D eigenvalue weighted by Crippen LogP contribution is 2.32. The molecule has 278 valence electrons. The van der Waals surface area contributed by atoms with Gasteiger partial charge in [-0.2, -0.15) is 0 Å². The van der Waals surface area contributed by atoms with Gasteiger partial charge < -0.3 is 55.1 Å². The smallest absolute Gasteiger partial charge is 0.335 e. The number of aliphatic hydroxyl groups excluding tert-OH is 4. The molecule has 2 heterocycles. The molecule has 2 aliphatic rings. The number of benzene rings is 1. The van der Waals surface area contributed by atoms with Gasteiger partial charge in [0.05, 0.1) is 37.2 Å². The Hall–Kier alpha value is -3.01. The third-order valence-corrected chi connectivity index (χ3v) is 9.67. The van der Waals surface area contributed by atoms with Gasteiger partial charge in [-0.1, -0.05) is 6.07 Å². The fraction of sp³-hybridized carbons (Fsp3) is 0.581. The highest BCUT2D eigenvalue weighted by Gasteiger charge is 2.48. The van der Waals surface area contributed by atoms with E-state index in [0.717, 1.165) is 4.90 Å². The molecule has 1 saturated heterocycles. The number of halogens is 2. The fourth-order valence-electron chi connectivity index (χ4n) is 4.68. The van der Waals surface area contributed by atoms with Crippen molar-refractivity contribution in [1.29, 1.82) is 0 Å². The average Bonchev–Trinajstić information content (AvgIpc) is 3.24. The summed E-state index contributed by atoms with van der Waals surface area (Å²) in [6.07, 6.45) is -9.42. The third-order valence-electron chi connectivity index (χ3n) is 7.67. The lowest BCUT2D eigenvalue weighted by molar-refractivity contribution is -0.271. The Labute approximate surface area is 304 Å². The number of carbonyl (C=O) groups excluding carboxylic acids is 4. The zero-order chi connectivity index (χ0) is 37.3. The van der Waals surface area contributed by atoms with Gasteiger partial charge in [0.1, 0.15) is 33.0 Å². The van der Waals surface area contributed by atoms with E-state index in [0.29, 0.717) is 12.0 Å². The number of hydrogen-bond acceptors (Lipinski definition) is 13. The number of ether oxygens (including phenoxy) is 4. The Kier molecular flexibility index (Phi) is 15.3. The van der Waals surface area contributed by atoms with Gasteiger partial charge >= 0.3 is 5.97 Å². The van der Waals surface area contributed by atoms with E-state index in [1.807, 2.05) is 13.8 Å². The van der Waals surface area contributed by atoms with Crippen LogP contribution >= 0.6 is 31.9 Å².